The maximum atomic E-state index is 10.0. The molecule has 0 unspecified atom stereocenters. The highest BCUT2D eigenvalue weighted by molar-refractivity contribution is 5.41. The molecule has 0 saturated heterocycles. The van der Waals surface area contributed by atoms with Gasteiger partial charge in [0.05, 0.1) is 19.3 Å². The predicted octanol–water partition coefficient (Wildman–Crippen LogP) is 3.42. The number of aliphatic hydroxyl groups excluding tert-OH is 2. The Balaban J connectivity index is 2.28. The lowest BCUT2D eigenvalue weighted by Gasteiger charge is -2.16. The summed E-state index contributed by atoms with van der Waals surface area (Å²) >= 11 is 0. The van der Waals surface area contributed by atoms with Gasteiger partial charge in [-0.25, -0.2) is 0 Å². The van der Waals surface area contributed by atoms with Crippen molar-refractivity contribution >= 4 is 0 Å². The van der Waals surface area contributed by atoms with E-state index in [0.717, 1.165) is 24.8 Å². The van der Waals surface area contributed by atoms with E-state index in [0.29, 0.717) is 25.0 Å². The number of hydrogen-bond acceptors (Lipinski definition) is 4. The smallest absolute Gasteiger partial charge is 0.160 e. The van der Waals surface area contributed by atoms with Crippen molar-refractivity contribution in [1.29, 1.82) is 0 Å². The molecule has 126 valence electrons. The number of rotatable bonds is 11. The lowest BCUT2D eigenvalue weighted by Crippen LogP contribution is -2.18. The van der Waals surface area contributed by atoms with Gasteiger partial charge in [-0.2, -0.15) is 0 Å². The van der Waals surface area contributed by atoms with Crippen LogP contribution < -0.4 is 4.74 Å². The van der Waals surface area contributed by atoms with Crippen LogP contribution >= 0.6 is 0 Å². The van der Waals surface area contributed by atoms with Crippen molar-refractivity contribution in [3.8, 4) is 11.5 Å². The highest BCUT2D eigenvalue weighted by Crippen LogP contribution is 2.27. The van der Waals surface area contributed by atoms with Crippen LogP contribution in [-0.2, 0) is 6.42 Å². The third-order valence-electron chi connectivity index (χ3n) is 3.95. The number of methoxy groups -OCH3 is 1. The highest BCUT2D eigenvalue weighted by atomic mass is 16.5. The van der Waals surface area contributed by atoms with Gasteiger partial charge in [-0.1, -0.05) is 38.7 Å². The van der Waals surface area contributed by atoms with Crippen molar-refractivity contribution in [3.63, 3.8) is 0 Å². The molecule has 0 spiro atoms. The van der Waals surface area contributed by atoms with Crippen molar-refractivity contribution < 1.29 is 20.1 Å². The number of aromatic hydroxyl groups is 1. The Labute approximate surface area is 133 Å². The molecule has 1 aromatic rings. The molecule has 0 aliphatic heterocycles. The first-order valence-corrected chi connectivity index (χ1v) is 8.28. The fraction of sp³-hybridized carbons (Fsp3) is 0.667. The summed E-state index contributed by atoms with van der Waals surface area (Å²) in [6.45, 7) is 2.17. The Morgan fingerprint density at radius 2 is 1.77 bits per heavy atom. The van der Waals surface area contributed by atoms with E-state index in [2.05, 4.69) is 6.92 Å². The Bertz CT molecular complexity index is 420. The average molecular weight is 310 g/mol. The van der Waals surface area contributed by atoms with Gasteiger partial charge in [0, 0.05) is 0 Å². The van der Waals surface area contributed by atoms with E-state index in [1.54, 1.807) is 12.1 Å². The van der Waals surface area contributed by atoms with Crippen molar-refractivity contribution in [2.75, 3.05) is 7.11 Å². The summed E-state index contributed by atoms with van der Waals surface area (Å²) in [5, 5.41) is 29.5. The van der Waals surface area contributed by atoms with Crippen LogP contribution in [0.1, 0.15) is 57.4 Å². The summed E-state index contributed by atoms with van der Waals surface area (Å²) in [7, 11) is 1.52. The fourth-order valence-electron chi connectivity index (χ4n) is 2.57. The third kappa shape index (κ3) is 7.14. The quantitative estimate of drug-likeness (QED) is 0.548. The van der Waals surface area contributed by atoms with Gasteiger partial charge in [-0.05, 0) is 43.4 Å². The molecule has 0 amide bonds. The zero-order valence-corrected chi connectivity index (χ0v) is 13.8. The summed E-state index contributed by atoms with van der Waals surface area (Å²) in [5.74, 6) is 0.567. The first kappa shape index (κ1) is 18.8. The standard InChI is InChI=1S/C18H30O4/c1-3-4-5-6-7-15(19)13-16(20)10-8-14-9-11-17(21)18(12-14)22-2/h9,11-12,15-16,19-21H,3-8,10,13H2,1-2H3/t15-,16+/m0/s1. The van der Waals surface area contributed by atoms with Gasteiger partial charge < -0.3 is 20.1 Å². The maximum absolute atomic E-state index is 10.0. The van der Waals surface area contributed by atoms with E-state index in [1.165, 1.54) is 20.0 Å². The summed E-state index contributed by atoms with van der Waals surface area (Å²) in [6.07, 6.45) is 6.15. The average Bonchev–Trinajstić information content (AvgIpc) is 2.50. The van der Waals surface area contributed by atoms with E-state index in [1.807, 2.05) is 6.07 Å². The molecule has 4 heteroatoms. The molecule has 0 radical (unpaired) electrons. The minimum atomic E-state index is -0.499. The van der Waals surface area contributed by atoms with Crippen LogP contribution in [0.3, 0.4) is 0 Å². The molecule has 4 nitrogen and oxygen atoms in total. The van der Waals surface area contributed by atoms with E-state index < -0.39 is 12.2 Å². The van der Waals surface area contributed by atoms with Gasteiger partial charge in [0.2, 0.25) is 0 Å². The number of unbranched alkanes of at least 4 members (excludes halogenated alkanes) is 3. The monoisotopic (exact) mass is 310 g/mol. The van der Waals surface area contributed by atoms with Crippen molar-refractivity contribution in [3.05, 3.63) is 23.8 Å². The Kier molecular flexibility index (Phi) is 8.94. The molecule has 2 atom stereocenters. The van der Waals surface area contributed by atoms with Crippen LogP contribution in [0.15, 0.2) is 18.2 Å². The van der Waals surface area contributed by atoms with E-state index >= 15 is 0 Å². The summed E-state index contributed by atoms with van der Waals surface area (Å²) in [6, 6.07) is 5.21. The van der Waals surface area contributed by atoms with E-state index in [9.17, 15) is 15.3 Å². The van der Waals surface area contributed by atoms with Gasteiger partial charge in [0.1, 0.15) is 0 Å². The summed E-state index contributed by atoms with van der Waals surface area (Å²) < 4.78 is 5.07. The van der Waals surface area contributed by atoms with Gasteiger partial charge in [-0.3, -0.25) is 0 Å². The van der Waals surface area contributed by atoms with Crippen LogP contribution in [-0.4, -0.2) is 34.6 Å². The lowest BCUT2D eigenvalue weighted by atomic mass is 9.99. The van der Waals surface area contributed by atoms with Crippen molar-refractivity contribution in [1.82, 2.24) is 0 Å². The number of hydrogen-bond donors (Lipinski definition) is 3. The van der Waals surface area contributed by atoms with Crippen molar-refractivity contribution in [2.45, 2.75) is 70.5 Å². The maximum Gasteiger partial charge on any atom is 0.160 e. The number of ether oxygens (including phenoxy) is 1. The van der Waals surface area contributed by atoms with Gasteiger partial charge in [0.25, 0.3) is 0 Å². The molecule has 0 aliphatic carbocycles. The minimum Gasteiger partial charge on any atom is -0.504 e. The predicted molar refractivity (Wildman–Crippen MR) is 88.4 cm³/mol. The number of aliphatic hydroxyl groups is 2. The van der Waals surface area contributed by atoms with Gasteiger partial charge in [0.15, 0.2) is 11.5 Å². The molecule has 0 aliphatic rings. The molecule has 0 saturated carbocycles. The van der Waals surface area contributed by atoms with Crippen LogP contribution in [0.4, 0.5) is 0 Å². The normalized spacial score (nSPS) is 13.8. The second kappa shape index (κ2) is 10.5. The molecule has 1 rings (SSSR count). The van der Waals surface area contributed by atoms with Crippen LogP contribution in [0.5, 0.6) is 11.5 Å². The fourth-order valence-corrected chi connectivity index (χ4v) is 2.57. The second-order valence-electron chi connectivity index (χ2n) is 5.94. The second-order valence-corrected chi connectivity index (χ2v) is 5.94. The first-order valence-electron chi connectivity index (χ1n) is 8.28. The molecular weight excluding hydrogens is 280 g/mol. The Morgan fingerprint density at radius 3 is 2.45 bits per heavy atom. The molecule has 1 aromatic carbocycles. The Hall–Kier alpha value is -1.26. The zero-order chi connectivity index (χ0) is 16.4. The molecule has 0 heterocycles. The number of phenolic OH excluding ortho intramolecular Hbond substituents is 1. The summed E-state index contributed by atoms with van der Waals surface area (Å²) in [4.78, 5) is 0. The largest absolute Gasteiger partial charge is 0.504 e. The number of benzene rings is 1. The number of aryl methyl sites for hydroxylation is 1. The topological polar surface area (TPSA) is 69.9 Å². The molecule has 0 aromatic heterocycles. The van der Waals surface area contributed by atoms with Gasteiger partial charge in [-0.15, -0.1) is 0 Å². The van der Waals surface area contributed by atoms with E-state index in [-0.39, 0.29) is 5.75 Å². The molecule has 0 fully saturated rings. The third-order valence-corrected chi connectivity index (χ3v) is 3.95. The zero-order valence-electron chi connectivity index (χ0n) is 13.8. The Morgan fingerprint density at radius 1 is 1.05 bits per heavy atom. The van der Waals surface area contributed by atoms with Crippen LogP contribution in [0.2, 0.25) is 0 Å². The highest BCUT2D eigenvalue weighted by Gasteiger charge is 2.12. The molecular formula is C18H30O4. The number of phenols is 1. The summed E-state index contributed by atoms with van der Waals surface area (Å²) in [5.41, 5.74) is 1.01. The molecule has 22 heavy (non-hydrogen) atoms. The first-order chi connectivity index (χ1) is 10.6. The lowest BCUT2D eigenvalue weighted by molar-refractivity contribution is 0.0697. The minimum absolute atomic E-state index is 0.120. The molecule has 0 bridgehead atoms. The van der Waals surface area contributed by atoms with Gasteiger partial charge >= 0.3 is 0 Å². The van der Waals surface area contributed by atoms with Crippen LogP contribution in [0.25, 0.3) is 0 Å². The van der Waals surface area contributed by atoms with Crippen molar-refractivity contribution in [2.24, 2.45) is 0 Å². The van der Waals surface area contributed by atoms with Crippen LogP contribution in [0, 0.1) is 0 Å². The molecule has 3 N–H and O–H groups in total. The van der Waals surface area contributed by atoms with E-state index in [4.69, 9.17) is 4.74 Å². The SMILES string of the molecule is CCCCCC[C@H](O)C[C@H](O)CCc1ccc(O)c(OC)c1.